The Hall–Kier alpha value is -2.16. The van der Waals surface area contributed by atoms with Gasteiger partial charge in [0, 0.05) is 11.8 Å². The van der Waals surface area contributed by atoms with Gasteiger partial charge in [0.2, 0.25) is 0 Å². The highest BCUT2D eigenvalue weighted by Crippen LogP contribution is 2.22. The van der Waals surface area contributed by atoms with Crippen molar-refractivity contribution in [1.29, 1.82) is 0 Å². The van der Waals surface area contributed by atoms with Gasteiger partial charge in [0.05, 0.1) is 11.7 Å². The number of carbonyl (C=O) groups excluding carboxylic acids is 1. The molecule has 0 aliphatic rings. The number of hydrogen-bond donors (Lipinski definition) is 1. The number of hydrogen-bond acceptors (Lipinski definition) is 2. The largest absolute Gasteiger partial charge is 0.344 e. The van der Waals surface area contributed by atoms with E-state index in [9.17, 15) is 4.79 Å². The fraction of sp³-hybridized carbons (Fsp3) is 0.333. The Bertz CT molecular complexity index is 597. The zero-order valence-corrected chi connectivity index (χ0v) is 13.1. The summed E-state index contributed by atoms with van der Waals surface area (Å²) in [5.74, 6) is -0.0754. The van der Waals surface area contributed by atoms with Crippen LogP contribution >= 0.6 is 0 Å². The minimum absolute atomic E-state index is 0.0754. The molecule has 21 heavy (non-hydrogen) atoms. The highest BCUT2D eigenvalue weighted by Gasteiger charge is 2.15. The lowest BCUT2D eigenvalue weighted by Crippen LogP contribution is -2.27. The molecule has 1 heterocycles. The Kier molecular flexibility index (Phi) is 4.41. The molecule has 2 aromatic rings. The van der Waals surface area contributed by atoms with Crippen molar-refractivity contribution < 1.29 is 4.79 Å². The number of pyridine rings is 1. The van der Waals surface area contributed by atoms with Crippen LogP contribution < -0.4 is 5.32 Å². The van der Waals surface area contributed by atoms with E-state index < -0.39 is 0 Å². The van der Waals surface area contributed by atoms with E-state index in [4.69, 9.17) is 0 Å². The van der Waals surface area contributed by atoms with Gasteiger partial charge in [-0.25, -0.2) is 0 Å². The first-order valence-electron chi connectivity index (χ1n) is 7.20. The Labute approximate surface area is 126 Å². The summed E-state index contributed by atoms with van der Waals surface area (Å²) in [6, 6.07) is 13.4. The van der Waals surface area contributed by atoms with Crippen molar-refractivity contribution >= 4 is 5.91 Å². The molecule has 1 aromatic carbocycles. The molecular formula is C18H22N2O. The van der Waals surface area contributed by atoms with E-state index in [2.05, 4.69) is 31.1 Å². The average Bonchev–Trinajstić information content (AvgIpc) is 2.47. The predicted octanol–water partition coefficient (Wildman–Crippen LogP) is 3.87. The number of nitrogens with one attached hydrogen (secondary N) is 1. The maximum atomic E-state index is 12.3. The van der Waals surface area contributed by atoms with Gasteiger partial charge in [-0.15, -0.1) is 0 Å². The van der Waals surface area contributed by atoms with E-state index in [0.29, 0.717) is 5.56 Å². The highest BCUT2D eigenvalue weighted by molar-refractivity contribution is 5.94. The van der Waals surface area contributed by atoms with Crippen LogP contribution in [-0.2, 0) is 5.41 Å². The van der Waals surface area contributed by atoms with Gasteiger partial charge in [0.25, 0.3) is 5.91 Å². The van der Waals surface area contributed by atoms with Crippen molar-refractivity contribution in [2.45, 2.75) is 39.2 Å². The minimum Gasteiger partial charge on any atom is -0.344 e. The smallest absolute Gasteiger partial charge is 0.251 e. The van der Waals surface area contributed by atoms with Gasteiger partial charge in [0.1, 0.15) is 0 Å². The molecule has 0 bridgehead atoms. The molecule has 3 nitrogen and oxygen atoms in total. The molecule has 0 fully saturated rings. The Balaban J connectivity index is 2.07. The van der Waals surface area contributed by atoms with Crippen LogP contribution in [0.4, 0.5) is 0 Å². The van der Waals surface area contributed by atoms with E-state index in [-0.39, 0.29) is 17.4 Å². The van der Waals surface area contributed by atoms with Crippen LogP contribution in [0.2, 0.25) is 0 Å². The summed E-state index contributed by atoms with van der Waals surface area (Å²) in [5.41, 5.74) is 2.84. The summed E-state index contributed by atoms with van der Waals surface area (Å²) in [4.78, 5) is 16.5. The molecule has 3 heteroatoms. The number of benzene rings is 1. The maximum absolute atomic E-state index is 12.3. The standard InChI is InChI=1S/C18H22N2O/c1-13(16-7-5-6-12-19-16)20-17(21)14-8-10-15(11-9-14)18(2,3)4/h5-13H,1-4H3,(H,20,21)/t13-/m0/s1. The fourth-order valence-corrected chi connectivity index (χ4v) is 2.11. The van der Waals surface area contributed by atoms with Crippen LogP contribution in [-0.4, -0.2) is 10.9 Å². The lowest BCUT2D eigenvalue weighted by Gasteiger charge is -2.19. The fourth-order valence-electron chi connectivity index (χ4n) is 2.11. The molecule has 0 saturated carbocycles. The first-order valence-corrected chi connectivity index (χ1v) is 7.20. The first-order chi connectivity index (χ1) is 9.88. The van der Waals surface area contributed by atoms with Gasteiger partial charge < -0.3 is 5.32 Å². The summed E-state index contributed by atoms with van der Waals surface area (Å²) in [7, 11) is 0. The van der Waals surface area contributed by atoms with Crippen LogP contribution in [0.5, 0.6) is 0 Å². The molecule has 0 spiro atoms. The average molecular weight is 282 g/mol. The van der Waals surface area contributed by atoms with E-state index in [1.807, 2.05) is 49.4 Å². The van der Waals surface area contributed by atoms with Gasteiger partial charge in [-0.3, -0.25) is 9.78 Å². The van der Waals surface area contributed by atoms with Crippen molar-refractivity contribution in [2.75, 3.05) is 0 Å². The van der Waals surface area contributed by atoms with Crippen LogP contribution in [0.3, 0.4) is 0 Å². The predicted molar refractivity (Wildman–Crippen MR) is 85.3 cm³/mol. The SMILES string of the molecule is C[C@H](NC(=O)c1ccc(C(C)(C)C)cc1)c1ccccn1. The van der Waals surface area contributed by atoms with Crippen LogP contribution in [0.15, 0.2) is 48.7 Å². The normalized spacial score (nSPS) is 12.8. The van der Waals surface area contributed by atoms with Crippen molar-refractivity contribution in [1.82, 2.24) is 10.3 Å². The topological polar surface area (TPSA) is 42.0 Å². The number of amides is 1. The highest BCUT2D eigenvalue weighted by atomic mass is 16.1. The zero-order chi connectivity index (χ0) is 15.5. The number of aromatic nitrogens is 1. The molecule has 0 saturated heterocycles. The Morgan fingerprint density at radius 2 is 1.76 bits per heavy atom. The summed E-state index contributed by atoms with van der Waals surface area (Å²) in [5, 5.41) is 2.97. The summed E-state index contributed by atoms with van der Waals surface area (Å²) in [6.07, 6.45) is 1.73. The Morgan fingerprint density at radius 1 is 1.10 bits per heavy atom. The lowest BCUT2D eigenvalue weighted by molar-refractivity contribution is 0.0939. The second-order valence-electron chi connectivity index (χ2n) is 6.28. The van der Waals surface area contributed by atoms with Crippen molar-refractivity contribution in [2.24, 2.45) is 0 Å². The van der Waals surface area contributed by atoms with Gasteiger partial charge in [-0.05, 0) is 42.2 Å². The molecule has 1 amide bonds. The summed E-state index contributed by atoms with van der Waals surface area (Å²) < 4.78 is 0. The third-order valence-corrected chi connectivity index (χ3v) is 3.49. The molecule has 0 aliphatic heterocycles. The molecule has 0 radical (unpaired) electrons. The lowest BCUT2D eigenvalue weighted by atomic mass is 9.86. The van der Waals surface area contributed by atoms with E-state index in [1.165, 1.54) is 5.56 Å². The van der Waals surface area contributed by atoms with E-state index >= 15 is 0 Å². The van der Waals surface area contributed by atoms with Crippen molar-refractivity contribution in [3.05, 3.63) is 65.5 Å². The zero-order valence-electron chi connectivity index (χ0n) is 13.1. The van der Waals surface area contributed by atoms with E-state index in [0.717, 1.165) is 5.69 Å². The second kappa shape index (κ2) is 6.08. The minimum atomic E-state index is -0.110. The van der Waals surface area contributed by atoms with Gasteiger partial charge in [-0.2, -0.15) is 0 Å². The molecule has 1 atom stereocenters. The van der Waals surface area contributed by atoms with Gasteiger partial charge in [0.15, 0.2) is 0 Å². The van der Waals surface area contributed by atoms with E-state index in [1.54, 1.807) is 6.20 Å². The molecular weight excluding hydrogens is 260 g/mol. The van der Waals surface area contributed by atoms with Crippen LogP contribution in [0, 0.1) is 0 Å². The number of carbonyl (C=O) groups is 1. The van der Waals surface area contributed by atoms with Crippen molar-refractivity contribution in [3.63, 3.8) is 0 Å². The third kappa shape index (κ3) is 3.91. The molecule has 0 aliphatic carbocycles. The Morgan fingerprint density at radius 3 is 2.29 bits per heavy atom. The quantitative estimate of drug-likeness (QED) is 0.928. The molecule has 1 aromatic heterocycles. The number of nitrogens with zero attached hydrogens (tertiary/aromatic N) is 1. The summed E-state index contributed by atoms with van der Waals surface area (Å²) in [6.45, 7) is 8.41. The van der Waals surface area contributed by atoms with Crippen LogP contribution in [0.1, 0.15) is 55.4 Å². The van der Waals surface area contributed by atoms with Gasteiger partial charge >= 0.3 is 0 Å². The molecule has 110 valence electrons. The maximum Gasteiger partial charge on any atom is 0.251 e. The first kappa shape index (κ1) is 15.2. The van der Waals surface area contributed by atoms with Crippen LogP contribution in [0.25, 0.3) is 0 Å². The monoisotopic (exact) mass is 282 g/mol. The molecule has 0 unspecified atom stereocenters. The third-order valence-electron chi connectivity index (χ3n) is 3.49. The van der Waals surface area contributed by atoms with Gasteiger partial charge in [-0.1, -0.05) is 39.0 Å². The second-order valence-corrected chi connectivity index (χ2v) is 6.28. The number of rotatable bonds is 3. The van der Waals surface area contributed by atoms with Crippen molar-refractivity contribution in [3.8, 4) is 0 Å². The summed E-state index contributed by atoms with van der Waals surface area (Å²) >= 11 is 0. The molecule has 1 N–H and O–H groups in total. The molecule has 2 rings (SSSR count).